The summed E-state index contributed by atoms with van der Waals surface area (Å²) in [6.45, 7) is 4.25. The molecule has 0 bridgehead atoms. The molecule has 1 aromatic heterocycles. The van der Waals surface area contributed by atoms with E-state index in [2.05, 4.69) is 21.2 Å². The number of nitrogens with zero attached hydrogens (tertiary/aromatic N) is 1. The van der Waals surface area contributed by atoms with Gasteiger partial charge in [0.05, 0.1) is 6.04 Å². The molecule has 1 N–H and O–H groups in total. The van der Waals surface area contributed by atoms with Gasteiger partial charge in [0.2, 0.25) is 5.91 Å². The standard InChI is InChI=1S/C15H17BrN2O2S/c1-10-9-21-15(20)18(10)8-7-14(19)17-11(2)12-3-5-13(16)6-4-12/h3-6,9,11H,7-8H2,1-2H3,(H,17,19). The van der Waals surface area contributed by atoms with Crippen molar-refractivity contribution >= 4 is 33.2 Å². The monoisotopic (exact) mass is 368 g/mol. The first-order valence-electron chi connectivity index (χ1n) is 6.67. The highest BCUT2D eigenvalue weighted by Crippen LogP contribution is 2.16. The van der Waals surface area contributed by atoms with E-state index in [0.717, 1.165) is 15.7 Å². The summed E-state index contributed by atoms with van der Waals surface area (Å²) in [5, 5.41) is 4.76. The van der Waals surface area contributed by atoms with E-state index >= 15 is 0 Å². The topological polar surface area (TPSA) is 51.1 Å². The van der Waals surface area contributed by atoms with Gasteiger partial charge in [0, 0.05) is 28.5 Å². The Hall–Kier alpha value is -1.40. The fourth-order valence-electron chi connectivity index (χ4n) is 2.04. The van der Waals surface area contributed by atoms with E-state index in [1.54, 1.807) is 4.57 Å². The van der Waals surface area contributed by atoms with Crippen LogP contribution < -0.4 is 10.2 Å². The van der Waals surface area contributed by atoms with Gasteiger partial charge in [-0.25, -0.2) is 0 Å². The van der Waals surface area contributed by atoms with E-state index in [1.807, 2.05) is 43.5 Å². The molecule has 0 saturated heterocycles. The Kier molecular flexibility index (Phi) is 5.36. The van der Waals surface area contributed by atoms with Crippen LogP contribution in [0.15, 0.2) is 38.9 Å². The SMILES string of the molecule is Cc1csc(=O)n1CCC(=O)NC(C)c1ccc(Br)cc1. The van der Waals surface area contributed by atoms with Crippen LogP contribution >= 0.6 is 27.3 Å². The van der Waals surface area contributed by atoms with Crippen LogP contribution in [0.3, 0.4) is 0 Å². The average Bonchev–Trinajstić information content (AvgIpc) is 2.76. The fourth-order valence-corrected chi connectivity index (χ4v) is 3.06. The number of carbonyl (C=O) groups excluding carboxylic acids is 1. The zero-order valence-corrected chi connectivity index (χ0v) is 14.3. The Balaban J connectivity index is 1.90. The second kappa shape index (κ2) is 7.04. The summed E-state index contributed by atoms with van der Waals surface area (Å²) in [6.07, 6.45) is 0.304. The molecule has 2 aromatic rings. The normalized spacial score (nSPS) is 12.1. The third-order valence-electron chi connectivity index (χ3n) is 3.29. The van der Waals surface area contributed by atoms with Gasteiger partial charge < -0.3 is 9.88 Å². The van der Waals surface area contributed by atoms with E-state index in [-0.39, 0.29) is 16.8 Å². The molecular formula is C15H17BrN2O2S. The lowest BCUT2D eigenvalue weighted by Crippen LogP contribution is -2.28. The molecule has 1 aromatic carbocycles. The number of aromatic nitrogens is 1. The van der Waals surface area contributed by atoms with Gasteiger partial charge in [-0.3, -0.25) is 9.59 Å². The number of nitrogens with one attached hydrogen (secondary N) is 1. The smallest absolute Gasteiger partial charge is 0.307 e. The predicted molar refractivity (Wildman–Crippen MR) is 88.6 cm³/mol. The van der Waals surface area contributed by atoms with Crippen molar-refractivity contribution in [3.8, 4) is 0 Å². The van der Waals surface area contributed by atoms with Crippen molar-refractivity contribution in [2.75, 3.05) is 0 Å². The second-order valence-electron chi connectivity index (χ2n) is 4.89. The van der Waals surface area contributed by atoms with Crippen molar-refractivity contribution in [3.05, 3.63) is 55.0 Å². The fraction of sp³-hybridized carbons (Fsp3) is 0.333. The Morgan fingerprint density at radius 3 is 2.62 bits per heavy atom. The Labute approximate surface area is 135 Å². The quantitative estimate of drug-likeness (QED) is 0.880. The molecular weight excluding hydrogens is 352 g/mol. The molecule has 1 heterocycles. The van der Waals surface area contributed by atoms with Gasteiger partial charge in [0.1, 0.15) is 0 Å². The summed E-state index contributed by atoms with van der Waals surface area (Å²) >= 11 is 4.55. The van der Waals surface area contributed by atoms with E-state index < -0.39 is 0 Å². The van der Waals surface area contributed by atoms with Gasteiger partial charge in [-0.15, -0.1) is 0 Å². The first-order valence-corrected chi connectivity index (χ1v) is 8.34. The molecule has 1 amide bonds. The highest BCUT2D eigenvalue weighted by Gasteiger charge is 2.11. The summed E-state index contributed by atoms with van der Waals surface area (Å²) in [7, 11) is 0. The maximum atomic E-state index is 12.0. The molecule has 0 saturated carbocycles. The Morgan fingerprint density at radius 2 is 2.05 bits per heavy atom. The molecule has 6 heteroatoms. The van der Waals surface area contributed by atoms with Crippen molar-refractivity contribution in [2.24, 2.45) is 0 Å². The minimum atomic E-state index is -0.0529. The van der Waals surface area contributed by atoms with E-state index in [1.165, 1.54) is 11.3 Å². The molecule has 2 rings (SSSR count). The van der Waals surface area contributed by atoms with Gasteiger partial charge in [-0.05, 0) is 31.5 Å². The van der Waals surface area contributed by atoms with Crippen molar-refractivity contribution in [1.82, 2.24) is 9.88 Å². The number of amides is 1. The van der Waals surface area contributed by atoms with Crippen LogP contribution in [-0.4, -0.2) is 10.5 Å². The number of halogens is 1. The lowest BCUT2D eigenvalue weighted by molar-refractivity contribution is -0.121. The number of carbonyl (C=O) groups is 1. The second-order valence-corrected chi connectivity index (χ2v) is 6.62. The van der Waals surface area contributed by atoms with Crippen molar-refractivity contribution < 1.29 is 4.79 Å². The zero-order chi connectivity index (χ0) is 15.4. The summed E-state index contributed by atoms with van der Waals surface area (Å²) in [5.74, 6) is -0.0529. The molecule has 0 spiro atoms. The van der Waals surface area contributed by atoms with E-state index in [0.29, 0.717) is 13.0 Å². The maximum absolute atomic E-state index is 12.0. The largest absolute Gasteiger partial charge is 0.350 e. The van der Waals surface area contributed by atoms with Gasteiger partial charge in [0.15, 0.2) is 0 Å². The highest BCUT2D eigenvalue weighted by molar-refractivity contribution is 9.10. The first kappa shape index (κ1) is 16.0. The molecule has 0 aliphatic rings. The van der Waals surface area contributed by atoms with E-state index in [4.69, 9.17) is 0 Å². The summed E-state index contributed by atoms with van der Waals surface area (Å²) in [6, 6.07) is 7.80. The zero-order valence-electron chi connectivity index (χ0n) is 11.9. The highest BCUT2D eigenvalue weighted by atomic mass is 79.9. The van der Waals surface area contributed by atoms with Gasteiger partial charge in [-0.2, -0.15) is 0 Å². The van der Waals surface area contributed by atoms with E-state index in [9.17, 15) is 9.59 Å². The molecule has 0 aliphatic heterocycles. The molecule has 21 heavy (non-hydrogen) atoms. The number of rotatable bonds is 5. The average molecular weight is 369 g/mol. The number of thiazole rings is 1. The van der Waals surface area contributed by atoms with Crippen LogP contribution in [0.25, 0.3) is 0 Å². The van der Waals surface area contributed by atoms with Gasteiger partial charge >= 0.3 is 4.87 Å². The molecule has 1 unspecified atom stereocenters. The third kappa shape index (κ3) is 4.28. The van der Waals surface area contributed by atoms with Crippen molar-refractivity contribution in [2.45, 2.75) is 32.9 Å². The van der Waals surface area contributed by atoms with Gasteiger partial charge in [0.25, 0.3) is 0 Å². The molecule has 1 atom stereocenters. The predicted octanol–water partition coefficient (Wildman–Crippen LogP) is 3.25. The minimum absolute atomic E-state index is 0.0127. The van der Waals surface area contributed by atoms with Crippen molar-refractivity contribution in [3.63, 3.8) is 0 Å². The van der Waals surface area contributed by atoms with Crippen LogP contribution in [0.2, 0.25) is 0 Å². The lowest BCUT2D eigenvalue weighted by atomic mass is 10.1. The molecule has 4 nitrogen and oxygen atoms in total. The van der Waals surface area contributed by atoms with Gasteiger partial charge in [-0.1, -0.05) is 39.4 Å². The van der Waals surface area contributed by atoms with Crippen LogP contribution in [-0.2, 0) is 11.3 Å². The minimum Gasteiger partial charge on any atom is -0.350 e. The number of hydrogen-bond donors (Lipinski definition) is 1. The molecule has 0 radical (unpaired) electrons. The molecule has 0 aliphatic carbocycles. The molecule has 0 fully saturated rings. The lowest BCUT2D eigenvalue weighted by Gasteiger charge is -2.14. The van der Waals surface area contributed by atoms with Crippen molar-refractivity contribution in [1.29, 1.82) is 0 Å². The number of hydrogen-bond acceptors (Lipinski definition) is 3. The maximum Gasteiger partial charge on any atom is 0.307 e. The third-order valence-corrected chi connectivity index (χ3v) is 4.70. The van der Waals surface area contributed by atoms with Crippen LogP contribution in [0.1, 0.15) is 30.6 Å². The summed E-state index contributed by atoms with van der Waals surface area (Å²) in [5.41, 5.74) is 1.95. The Bertz CT molecular complexity index is 676. The Morgan fingerprint density at radius 1 is 1.38 bits per heavy atom. The summed E-state index contributed by atoms with van der Waals surface area (Å²) < 4.78 is 2.64. The molecule has 112 valence electrons. The van der Waals surface area contributed by atoms with Crippen LogP contribution in [0.5, 0.6) is 0 Å². The number of aryl methyl sites for hydroxylation is 1. The summed E-state index contributed by atoms with van der Waals surface area (Å²) in [4.78, 5) is 23.5. The van der Waals surface area contributed by atoms with Crippen LogP contribution in [0, 0.1) is 6.92 Å². The number of benzene rings is 1. The van der Waals surface area contributed by atoms with Crippen LogP contribution in [0.4, 0.5) is 0 Å². The first-order chi connectivity index (χ1) is 9.97.